The molecule has 0 spiro atoms. The van der Waals surface area contributed by atoms with Gasteiger partial charge in [-0.3, -0.25) is 4.79 Å². The molecule has 23 heavy (non-hydrogen) atoms. The molecule has 2 aliphatic heterocycles. The van der Waals surface area contributed by atoms with Crippen molar-refractivity contribution in [2.24, 2.45) is 17.8 Å². The number of halogens is 2. The van der Waals surface area contributed by atoms with Crippen molar-refractivity contribution in [2.45, 2.75) is 52.5 Å². The summed E-state index contributed by atoms with van der Waals surface area (Å²) in [6.07, 6.45) is 4.28. The van der Waals surface area contributed by atoms with Crippen LogP contribution >= 0.6 is 24.8 Å². The number of carbonyl (C=O) groups is 1. The van der Waals surface area contributed by atoms with E-state index in [1.807, 2.05) is 0 Å². The molecular weight excluding hydrogens is 333 g/mol. The molecule has 1 amide bonds. The van der Waals surface area contributed by atoms with Gasteiger partial charge in [0, 0.05) is 32.1 Å². The van der Waals surface area contributed by atoms with E-state index in [4.69, 9.17) is 0 Å². The second-order valence-corrected chi connectivity index (χ2v) is 7.53. The number of piperidine rings is 1. The van der Waals surface area contributed by atoms with E-state index in [0.29, 0.717) is 12.3 Å². The maximum Gasteiger partial charge on any atom is 0.220 e. The minimum Gasteiger partial charge on any atom is -0.352 e. The third-order valence-electron chi connectivity index (χ3n) is 4.83. The van der Waals surface area contributed by atoms with Crippen LogP contribution in [-0.2, 0) is 4.79 Å². The van der Waals surface area contributed by atoms with Crippen molar-refractivity contribution in [1.82, 2.24) is 15.5 Å². The van der Waals surface area contributed by atoms with E-state index in [1.54, 1.807) is 0 Å². The quantitative estimate of drug-likeness (QED) is 0.758. The van der Waals surface area contributed by atoms with Gasteiger partial charge in [0.25, 0.3) is 0 Å². The van der Waals surface area contributed by atoms with Crippen LogP contribution in [0.4, 0.5) is 0 Å². The summed E-state index contributed by atoms with van der Waals surface area (Å²) in [6, 6.07) is 0.261. The van der Waals surface area contributed by atoms with E-state index in [1.165, 1.54) is 25.9 Å². The van der Waals surface area contributed by atoms with Crippen molar-refractivity contribution in [3.05, 3.63) is 0 Å². The topological polar surface area (TPSA) is 44.4 Å². The average Bonchev–Trinajstić information content (AvgIpc) is 2.87. The first-order valence-electron chi connectivity index (χ1n) is 8.75. The zero-order valence-corrected chi connectivity index (χ0v) is 16.5. The van der Waals surface area contributed by atoms with Crippen molar-refractivity contribution in [3.63, 3.8) is 0 Å². The van der Waals surface area contributed by atoms with Crippen molar-refractivity contribution < 1.29 is 4.79 Å². The molecule has 0 saturated carbocycles. The summed E-state index contributed by atoms with van der Waals surface area (Å²) in [4.78, 5) is 14.5. The molecule has 4 atom stereocenters. The zero-order chi connectivity index (χ0) is 15.2. The highest BCUT2D eigenvalue weighted by molar-refractivity contribution is 5.85. The first-order chi connectivity index (χ1) is 10.0. The Kier molecular flexibility index (Phi) is 11.5. The van der Waals surface area contributed by atoms with Crippen molar-refractivity contribution in [1.29, 1.82) is 0 Å². The Hall–Kier alpha value is -0.0300. The Bertz CT molecular complexity index is 328. The maximum atomic E-state index is 12.0. The van der Waals surface area contributed by atoms with Crippen LogP contribution in [0.3, 0.4) is 0 Å². The standard InChI is InChI=1S/C17H33N3O.2ClH/c1-13-8-14(2)11-20(10-13)12-15(3)19-17(21)5-4-16-6-7-18-9-16;;/h13-16,18H,4-12H2,1-3H3,(H,19,21);2*1H. The number of hydrogen-bond acceptors (Lipinski definition) is 3. The van der Waals surface area contributed by atoms with Gasteiger partial charge in [0.05, 0.1) is 0 Å². The van der Waals surface area contributed by atoms with Crippen LogP contribution in [0.15, 0.2) is 0 Å². The van der Waals surface area contributed by atoms with Crippen molar-refractivity contribution >= 4 is 30.7 Å². The molecule has 4 nitrogen and oxygen atoms in total. The molecule has 4 unspecified atom stereocenters. The second-order valence-electron chi connectivity index (χ2n) is 7.53. The van der Waals surface area contributed by atoms with Gasteiger partial charge in [-0.25, -0.2) is 0 Å². The third-order valence-corrected chi connectivity index (χ3v) is 4.83. The molecule has 0 aliphatic carbocycles. The molecule has 0 aromatic heterocycles. The molecule has 2 fully saturated rings. The lowest BCUT2D eigenvalue weighted by atomic mass is 9.92. The molecule has 2 aliphatic rings. The average molecular weight is 368 g/mol. The van der Waals surface area contributed by atoms with Gasteiger partial charge in [-0.05, 0) is 57.0 Å². The Labute approximate surface area is 154 Å². The lowest BCUT2D eigenvalue weighted by molar-refractivity contribution is -0.122. The summed E-state index contributed by atoms with van der Waals surface area (Å²) >= 11 is 0. The first kappa shape index (κ1) is 23.0. The molecule has 0 radical (unpaired) electrons. The molecule has 0 aromatic rings. The van der Waals surface area contributed by atoms with Gasteiger partial charge < -0.3 is 15.5 Å². The van der Waals surface area contributed by atoms with Gasteiger partial charge >= 0.3 is 0 Å². The van der Waals surface area contributed by atoms with Crippen LogP contribution in [0.2, 0.25) is 0 Å². The number of nitrogens with one attached hydrogen (secondary N) is 2. The lowest BCUT2D eigenvalue weighted by Crippen LogP contribution is -2.47. The predicted octanol–water partition coefficient (Wildman–Crippen LogP) is 2.70. The summed E-state index contributed by atoms with van der Waals surface area (Å²) in [7, 11) is 0. The van der Waals surface area contributed by atoms with Gasteiger partial charge in [0.15, 0.2) is 0 Å². The maximum absolute atomic E-state index is 12.0. The smallest absolute Gasteiger partial charge is 0.220 e. The first-order valence-corrected chi connectivity index (χ1v) is 8.75. The van der Waals surface area contributed by atoms with Crippen LogP contribution in [-0.4, -0.2) is 49.6 Å². The normalized spacial score (nSPS) is 29.3. The lowest BCUT2D eigenvalue weighted by Gasteiger charge is -2.36. The highest BCUT2D eigenvalue weighted by Crippen LogP contribution is 2.21. The van der Waals surface area contributed by atoms with E-state index in [0.717, 1.165) is 37.9 Å². The van der Waals surface area contributed by atoms with E-state index in [9.17, 15) is 4.79 Å². The summed E-state index contributed by atoms with van der Waals surface area (Å²) in [6.45, 7) is 12.4. The Morgan fingerprint density at radius 1 is 1.26 bits per heavy atom. The zero-order valence-electron chi connectivity index (χ0n) is 14.8. The number of amides is 1. The molecular formula is C17H35Cl2N3O. The highest BCUT2D eigenvalue weighted by Gasteiger charge is 2.23. The van der Waals surface area contributed by atoms with Crippen molar-refractivity contribution in [3.8, 4) is 0 Å². The van der Waals surface area contributed by atoms with Crippen LogP contribution in [0.25, 0.3) is 0 Å². The van der Waals surface area contributed by atoms with Gasteiger partial charge in [0.1, 0.15) is 0 Å². The number of hydrogen-bond donors (Lipinski definition) is 2. The fourth-order valence-electron chi connectivity index (χ4n) is 4.02. The highest BCUT2D eigenvalue weighted by atomic mass is 35.5. The molecule has 0 aromatic carbocycles. The third kappa shape index (κ3) is 8.57. The molecule has 2 N–H and O–H groups in total. The van der Waals surface area contributed by atoms with Crippen LogP contribution in [0.5, 0.6) is 0 Å². The fraction of sp³-hybridized carbons (Fsp3) is 0.941. The number of carbonyl (C=O) groups excluding carboxylic acids is 1. The Balaban J connectivity index is 0.00000242. The van der Waals surface area contributed by atoms with Gasteiger partial charge in [-0.15, -0.1) is 24.8 Å². The van der Waals surface area contributed by atoms with E-state index in [2.05, 4.69) is 36.3 Å². The summed E-state index contributed by atoms with van der Waals surface area (Å²) in [5, 5.41) is 6.54. The predicted molar refractivity (Wildman–Crippen MR) is 102 cm³/mol. The summed E-state index contributed by atoms with van der Waals surface area (Å²) in [5.41, 5.74) is 0. The molecule has 2 saturated heterocycles. The molecule has 2 heterocycles. The molecule has 2 rings (SSSR count). The summed E-state index contributed by atoms with van der Waals surface area (Å²) < 4.78 is 0. The Morgan fingerprint density at radius 2 is 1.91 bits per heavy atom. The molecule has 6 heteroatoms. The molecule has 0 bridgehead atoms. The minimum atomic E-state index is 0. The largest absolute Gasteiger partial charge is 0.352 e. The van der Waals surface area contributed by atoms with E-state index >= 15 is 0 Å². The van der Waals surface area contributed by atoms with Crippen molar-refractivity contribution in [2.75, 3.05) is 32.7 Å². The van der Waals surface area contributed by atoms with Crippen LogP contribution in [0, 0.1) is 17.8 Å². The fourth-order valence-corrected chi connectivity index (χ4v) is 4.02. The second kappa shape index (κ2) is 11.5. The SMILES string of the molecule is CC1CC(C)CN(CC(C)NC(=O)CCC2CCNC2)C1.Cl.Cl. The van der Waals surface area contributed by atoms with Crippen LogP contribution < -0.4 is 10.6 Å². The monoisotopic (exact) mass is 367 g/mol. The number of rotatable bonds is 6. The van der Waals surface area contributed by atoms with Gasteiger partial charge in [0.2, 0.25) is 5.91 Å². The number of nitrogens with zero attached hydrogens (tertiary/aromatic N) is 1. The van der Waals surface area contributed by atoms with Crippen LogP contribution in [0.1, 0.15) is 46.5 Å². The molecule has 138 valence electrons. The summed E-state index contributed by atoms with van der Waals surface area (Å²) in [5.74, 6) is 2.50. The Morgan fingerprint density at radius 3 is 2.48 bits per heavy atom. The van der Waals surface area contributed by atoms with E-state index in [-0.39, 0.29) is 36.8 Å². The number of likely N-dealkylation sites (tertiary alicyclic amines) is 1. The van der Waals surface area contributed by atoms with Gasteiger partial charge in [-0.1, -0.05) is 13.8 Å². The van der Waals surface area contributed by atoms with E-state index < -0.39 is 0 Å². The van der Waals surface area contributed by atoms with Gasteiger partial charge in [-0.2, -0.15) is 0 Å². The minimum absolute atomic E-state index is 0.